The lowest BCUT2D eigenvalue weighted by Gasteiger charge is -2.24. The topological polar surface area (TPSA) is 59.0 Å². The maximum Gasteiger partial charge on any atom is 0.127 e. The van der Waals surface area contributed by atoms with Crippen molar-refractivity contribution in [2.45, 2.75) is 19.9 Å². The first-order valence-electron chi connectivity index (χ1n) is 6.52. The monoisotopic (exact) mass is 266 g/mol. The highest BCUT2D eigenvalue weighted by molar-refractivity contribution is 5.34. The molecule has 0 aliphatic rings. The SMILES string of the molecule is CC(C)(C#N)C(N)c1ccc(Oc2ccccc2)cc1. The maximum absolute atomic E-state index is 9.12. The van der Waals surface area contributed by atoms with E-state index in [1.165, 1.54) is 0 Å². The van der Waals surface area contributed by atoms with Crippen molar-refractivity contribution in [3.63, 3.8) is 0 Å². The van der Waals surface area contributed by atoms with Gasteiger partial charge in [0.05, 0.1) is 11.5 Å². The van der Waals surface area contributed by atoms with Crippen LogP contribution in [0, 0.1) is 16.7 Å². The van der Waals surface area contributed by atoms with Gasteiger partial charge in [0.2, 0.25) is 0 Å². The third kappa shape index (κ3) is 3.17. The molecule has 102 valence electrons. The molecule has 2 aromatic rings. The van der Waals surface area contributed by atoms with Gasteiger partial charge in [-0.05, 0) is 43.7 Å². The Morgan fingerprint density at radius 2 is 1.55 bits per heavy atom. The molecule has 0 saturated heterocycles. The Labute approximate surface area is 119 Å². The van der Waals surface area contributed by atoms with Gasteiger partial charge in [-0.1, -0.05) is 30.3 Å². The summed E-state index contributed by atoms with van der Waals surface area (Å²) < 4.78 is 5.72. The molecule has 0 aromatic heterocycles. The van der Waals surface area contributed by atoms with Gasteiger partial charge in [0, 0.05) is 6.04 Å². The van der Waals surface area contributed by atoms with Crippen LogP contribution in [0.5, 0.6) is 11.5 Å². The van der Waals surface area contributed by atoms with Crippen molar-refractivity contribution < 1.29 is 4.74 Å². The van der Waals surface area contributed by atoms with E-state index in [0.717, 1.165) is 17.1 Å². The maximum atomic E-state index is 9.12. The van der Waals surface area contributed by atoms with Crippen molar-refractivity contribution in [1.82, 2.24) is 0 Å². The predicted octanol–water partition coefficient (Wildman–Crippen LogP) is 4.03. The molecule has 2 N–H and O–H groups in total. The van der Waals surface area contributed by atoms with Gasteiger partial charge in [0.25, 0.3) is 0 Å². The molecular weight excluding hydrogens is 248 g/mol. The van der Waals surface area contributed by atoms with Crippen LogP contribution in [-0.2, 0) is 0 Å². The summed E-state index contributed by atoms with van der Waals surface area (Å²) in [7, 11) is 0. The minimum absolute atomic E-state index is 0.321. The van der Waals surface area contributed by atoms with Gasteiger partial charge in [-0.25, -0.2) is 0 Å². The number of hydrogen-bond acceptors (Lipinski definition) is 3. The molecule has 2 rings (SSSR count). The second-order valence-corrected chi connectivity index (χ2v) is 5.30. The largest absolute Gasteiger partial charge is 0.457 e. The summed E-state index contributed by atoms with van der Waals surface area (Å²) in [5.74, 6) is 1.55. The Bertz CT molecular complexity index is 597. The lowest BCUT2D eigenvalue weighted by Crippen LogP contribution is -2.27. The van der Waals surface area contributed by atoms with E-state index in [2.05, 4.69) is 6.07 Å². The molecule has 1 atom stereocenters. The van der Waals surface area contributed by atoms with E-state index in [-0.39, 0.29) is 6.04 Å². The highest BCUT2D eigenvalue weighted by Crippen LogP contribution is 2.31. The standard InChI is InChI=1S/C17H18N2O/c1-17(2,12-18)16(19)13-8-10-15(11-9-13)20-14-6-4-3-5-7-14/h3-11,16H,19H2,1-2H3. The summed E-state index contributed by atoms with van der Waals surface area (Å²) in [6.07, 6.45) is 0. The predicted molar refractivity (Wildman–Crippen MR) is 79.3 cm³/mol. The summed E-state index contributed by atoms with van der Waals surface area (Å²) in [4.78, 5) is 0. The van der Waals surface area contributed by atoms with Gasteiger partial charge in [-0.2, -0.15) is 5.26 Å². The second kappa shape index (κ2) is 5.77. The van der Waals surface area contributed by atoms with Gasteiger partial charge in [-0.3, -0.25) is 0 Å². The van der Waals surface area contributed by atoms with Crippen molar-refractivity contribution in [3.05, 3.63) is 60.2 Å². The molecule has 0 amide bonds. The van der Waals surface area contributed by atoms with Gasteiger partial charge < -0.3 is 10.5 Å². The number of rotatable bonds is 4. The molecule has 20 heavy (non-hydrogen) atoms. The molecular formula is C17H18N2O. The van der Waals surface area contributed by atoms with Crippen molar-refractivity contribution >= 4 is 0 Å². The smallest absolute Gasteiger partial charge is 0.127 e. The first-order valence-corrected chi connectivity index (χ1v) is 6.52. The zero-order valence-electron chi connectivity index (χ0n) is 11.7. The number of ether oxygens (including phenoxy) is 1. The van der Waals surface area contributed by atoms with Crippen LogP contribution in [0.3, 0.4) is 0 Å². The Kier molecular flexibility index (Phi) is 4.07. The first kappa shape index (κ1) is 14.1. The fraction of sp³-hybridized carbons (Fsp3) is 0.235. The van der Waals surface area contributed by atoms with Gasteiger partial charge >= 0.3 is 0 Å². The van der Waals surface area contributed by atoms with Gasteiger partial charge in [0.1, 0.15) is 11.5 Å². The minimum atomic E-state index is -0.595. The summed E-state index contributed by atoms with van der Waals surface area (Å²) in [6, 6.07) is 19.1. The Hall–Kier alpha value is -2.31. The van der Waals surface area contributed by atoms with Crippen molar-refractivity contribution in [1.29, 1.82) is 5.26 Å². The second-order valence-electron chi connectivity index (χ2n) is 5.30. The fourth-order valence-electron chi connectivity index (χ4n) is 1.85. The molecule has 0 saturated carbocycles. The van der Waals surface area contributed by atoms with Crippen LogP contribution >= 0.6 is 0 Å². The van der Waals surface area contributed by atoms with E-state index in [4.69, 9.17) is 15.7 Å². The van der Waals surface area contributed by atoms with Crippen LogP contribution in [0.4, 0.5) is 0 Å². The van der Waals surface area contributed by atoms with E-state index in [0.29, 0.717) is 0 Å². The normalized spacial score (nSPS) is 12.5. The van der Waals surface area contributed by atoms with E-state index in [1.807, 2.05) is 68.4 Å². The number of nitrogens with zero attached hydrogens (tertiary/aromatic N) is 1. The van der Waals surface area contributed by atoms with Crippen molar-refractivity contribution in [2.75, 3.05) is 0 Å². The highest BCUT2D eigenvalue weighted by Gasteiger charge is 2.27. The summed E-state index contributed by atoms with van der Waals surface area (Å²) in [5.41, 5.74) is 6.45. The zero-order chi connectivity index (χ0) is 14.6. The average molecular weight is 266 g/mol. The number of para-hydroxylation sites is 1. The zero-order valence-corrected chi connectivity index (χ0v) is 11.7. The van der Waals surface area contributed by atoms with E-state index < -0.39 is 5.41 Å². The average Bonchev–Trinajstić information content (AvgIpc) is 2.48. The third-order valence-electron chi connectivity index (χ3n) is 3.28. The van der Waals surface area contributed by atoms with Crippen LogP contribution in [-0.4, -0.2) is 0 Å². The lowest BCUT2D eigenvalue weighted by molar-refractivity contribution is 0.393. The van der Waals surface area contributed by atoms with Crippen LogP contribution in [0.2, 0.25) is 0 Å². The number of hydrogen-bond donors (Lipinski definition) is 1. The van der Waals surface area contributed by atoms with Crippen LogP contribution in [0.1, 0.15) is 25.5 Å². The molecule has 0 fully saturated rings. The molecule has 0 bridgehead atoms. The summed E-state index contributed by atoms with van der Waals surface area (Å²) in [6.45, 7) is 3.68. The fourth-order valence-corrected chi connectivity index (χ4v) is 1.85. The third-order valence-corrected chi connectivity index (χ3v) is 3.28. The highest BCUT2D eigenvalue weighted by atomic mass is 16.5. The Balaban J connectivity index is 2.13. The molecule has 0 heterocycles. The lowest BCUT2D eigenvalue weighted by atomic mass is 9.82. The minimum Gasteiger partial charge on any atom is -0.457 e. The summed E-state index contributed by atoms with van der Waals surface area (Å²) >= 11 is 0. The molecule has 0 aliphatic heterocycles. The van der Waals surface area contributed by atoms with Crippen LogP contribution in [0.15, 0.2) is 54.6 Å². The molecule has 3 heteroatoms. The van der Waals surface area contributed by atoms with Gasteiger partial charge in [-0.15, -0.1) is 0 Å². The molecule has 0 spiro atoms. The van der Waals surface area contributed by atoms with Crippen LogP contribution < -0.4 is 10.5 Å². The first-order chi connectivity index (χ1) is 9.53. The van der Waals surface area contributed by atoms with Gasteiger partial charge in [0.15, 0.2) is 0 Å². The molecule has 1 unspecified atom stereocenters. The van der Waals surface area contributed by atoms with Crippen LogP contribution in [0.25, 0.3) is 0 Å². The Morgan fingerprint density at radius 3 is 2.10 bits per heavy atom. The summed E-state index contributed by atoms with van der Waals surface area (Å²) in [5, 5.41) is 9.12. The molecule has 0 radical (unpaired) electrons. The molecule has 2 aromatic carbocycles. The molecule has 3 nitrogen and oxygen atoms in total. The van der Waals surface area contributed by atoms with E-state index in [1.54, 1.807) is 0 Å². The quantitative estimate of drug-likeness (QED) is 0.908. The van der Waals surface area contributed by atoms with Crippen molar-refractivity contribution in [3.8, 4) is 17.6 Å². The number of nitrogens with two attached hydrogens (primary N) is 1. The number of benzene rings is 2. The number of nitriles is 1. The van der Waals surface area contributed by atoms with E-state index >= 15 is 0 Å². The van der Waals surface area contributed by atoms with Crippen molar-refractivity contribution in [2.24, 2.45) is 11.1 Å². The van der Waals surface area contributed by atoms with E-state index in [9.17, 15) is 0 Å². The Morgan fingerprint density at radius 1 is 1.00 bits per heavy atom. The molecule has 0 aliphatic carbocycles.